The number of rotatable bonds is 2. The lowest BCUT2D eigenvalue weighted by Gasteiger charge is -2.09. The Morgan fingerprint density at radius 1 is 0.500 bits per heavy atom. The molecule has 0 atom stereocenters. The smallest absolute Gasteiger partial charge is 0.00134 e. The van der Waals surface area contributed by atoms with Gasteiger partial charge in [0.15, 0.2) is 0 Å². The maximum absolute atomic E-state index is 2.36. The van der Waals surface area contributed by atoms with Gasteiger partial charge in [0.25, 0.3) is 0 Å². The van der Waals surface area contributed by atoms with Crippen LogP contribution in [-0.4, -0.2) is 0 Å². The minimum Gasteiger partial charge on any atom is -0.0619 e. The monoisotopic (exact) mass is 332 g/mol. The number of hydrogen-bond donors (Lipinski definition) is 0. The summed E-state index contributed by atoms with van der Waals surface area (Å²) >= 11 is 0. The molecule has 0 aliphatic heterocycles. The van der Waals surface area contributed by atoms with Crippen LogP contribution in [0.4, 0.5) is 0 Å². The summed E-state index contributed by atoms with van der Waals surface area (Å²) in [5.41, 5.74) is 12.0. The van der Waals surface area contributed by atoms with Crippen LogP contribution in [0.3, 0.4) is 0 Å². The second kappa shape index (κ2) is 6.00. The highest BCUT2D eigenvalue weighted by molar-refractivity contribution is 5.82. The van der Waals surface area contributed by atoms with E-state index in [-0.39, 0.29) is 0 Å². The lowest BCUT2D eigenvalue weighted by molar-refractivity contribution is 1.26. The van der Waals surface area contributed by atoms with E-state index in [0.29, 0.717) is 0 Å². The van der Waals surface area contributed by atoms with E-state index >= 15 is 0 Å². The van der Waals surface area contributed by atoms with E-state index < -0.39 is 0 Å². The first-order valence-corrected chi connectivity index (χ1v) is 9.17. The second-order valence-electron chi connectivity index (χ2n) is 7.15. The standard InChI is InChI=1S/C26H20/c1-18-9-11-19(12-10-18)20-6-4-7-21(15-20)22-13-14-24-16-23-5-2-3-8-25(23)26(24)17-22/h2-15,17H,16H2,1H3. The van der Waals surface area contributed by atoms with Crippen LogP contribution >= 0.6 is 0 Å². The van der Waals surface area contributed by atoms with Crippen molar-refractivity contribution in [3.63, 3.8) is 0 Å². The molecule has 0 spiro atoms. The van der Waals surface area contributed by atoms with Gasteiger partial charge in [-0.15, -0.1) is 0 Å². The van der Waals surface area contributed by atoms with Crippen molar-refractivity contribution in [3.05, 3.63) is 108 Å². The van der Waals surface area contributed by atoms with E-state index in [1.165, 1.54) is 50.1 Å². The van der Waals surface area contributed by atoms with Crippen LogP contribution in [0, 0.1) is 6.92 Å². The third-order valence-electron chi connectivity index (χ3n) is 5.38. The number of aryl methyl sites for hydroxylation is 1. The molecule has 0 radical (unpaired) electrons. The Morgan fingerprint density at radius 3 is 2.00 bits per heavy atom. The predicted molar refractivity (Wildman–Crippen MR) is 110 cm³/mol. The summed E-state index contributed by atoms with van der Waals surface area (Å²) in [6.07, 6.45) is 1.05. The highest BCUT2D eigenvalue weighted by Crippen LogP contribution is 2.39. The summed E-state index contributed by atoms with van der Waals surface area (Å²) in [6.45, 7) is 2.13. The van der Waals surface area contributed by atoms with Gasteiger partial charge in [0, 0.05) is 0 Å². The van der Waals surface area contributed by atoms with Gasteiger partial charge in [0.05, 0.1) is 0 Å². The minimum absolute atomic E-state index is 1.05. The van der Waals surface area contributed by atoms with E-state index in [1.807, 2.05) is 0 Å². The molecule has 0 fully saturated rings. The Labute approximate surface area is 154 Å². The molecule has 4 aromatic carbocycles. The van der Waals surface area contributed by atoms with Crippen LogP contribution in [0.25, 0.3) is 33.4 Å². The Morgan fingerprint density at radius 2 is 1.15 bits per heavy atom. The second-order valence-corrected chi connectivity index (χ2v) is 7.15. The largest absolute Gasteiger partial charge is 0.0619 e. The van der Waals surface area contributed by atoms with Crippen LogP contribution < -0.4 is 0 Å². The van der Waals surface area contributed by atoms with Gasteiger partial charge in [-0.1, -0.05) is 84.4 Å². The first-order chi connectivity index (χ1) is 12.8. The lowest BCUT2D eigenvalue weighted by Crippen LogP contribution is -1.85. The van der Waals surface area contributed by atoms with Crippen molar-refractivity contribution in [1.82, 2.24) is 0 Å². The zero-order valence-corrected chi connectivity index (χ0v) is 14.9. The van der Waals surface area contributed by atoms with E-state index in [2.05, 4.69) is 97.9 Å². The fourth-order valence-electron chi connectivity index (χ4n) is 3.93. The van der Waals surface area contributed by atoms with Crippen molar-refractivity contribution >= 4 is 0 Å². The quantitative estimate of drug-likeness (QED) is 0.330. The Bertz CT molecular complexity index is 1100. The summed E-state index contributed by atoms with van der Waals surface area (Å²) in [4.78, 5) is 0. The molecule has 0 saturated carbocycles. The molecule has 0 N–H and O–H groups in total. The Balaban J connectivity index is 1.58. The molecule has 0 nitrogen and oxygen atoms in total. The van der Waals surface area contributed by atoms with Crippen molar-refractivity contribution in [2.75, 3.05) is 0 Å². The highest BCUT2D eigenvalue weighted by atomic mass is 14.2. The molecular weight excluding hydrogens is 312 g/mol. The fraction of sp³-hybridized carbons (Fsp3) is 0.0769. The molecule has 1 aliphatic rings. The van der Waals surface area contributed by atoms with Crippen LogP contribution in [0.2, 0.25) is 0 Å². The average molecular weight is 332 g/mol. The maximum Gasteiger partial charge on any atom is -0.00134 e. The zero-order chi connectivity index (χ0) is 17.5. The summed E-state index contributed by atoms with van der Waals surface area (Å²) in [6, 6.07) is 33.3. The first kappa shape index (κ1) is 15.2. The zero-order valence-electron chi connectivity index (χ0n) is 14.9. The SMILES string of the molecule is Cc1ccc(-c2cccc(-c3ccc4c(c3)-c3ccccc3C4)c2)cc1. The lowest BCUT2D eigenvalue weighted by atomic mass is 9.95. The van der Waals surface area contributed by atoms with Crippen molar-refractivity contribution < 1.29 is 0 Å². The number of benzene rings is 4. The van der Waals surface area contributed by atoms with Gasteiger partial charge in [0.1, 0.15) is 0 Å². The van der Waals surface area contributed by atoms with Crippen molar-refractivity contribution in [2.24, 2.45) is 0 Å². The molecule has 1 aliphatic carbocycles. The fourth-order valence-corrected chi connectivity index (χ4v) is 3.93. The molecule has 0 bridgehead atoms. The first-order valence-electron chi connectivity index (χ1n) is 9.17. The molecular formula is C26H20. The summed E-state index contributed by atoms with van der Waals surface area (Å²) < 4.78 is 0. The predicted octanol–water partition coefficient (Wildman–Crippen LogP) is 6.90. The minimum atomic E-state index is 1.05. The third-order valence-corrected chi connectivity index (χ3v) is 5.38. The van der Waals surface area contributed by atoms with Gasteiger partial charge in [-0.05, 0) is 70.0 Å². The normalized spacial score (nSPS) is 11.9. The van der Waals surface area contributed by atoms with Crippen LogP contribution in [0.5, 0.6) is 0 Å². The van der Waals surface area contributed by atoms with E-state index in [0.717, 1.165) is 6.42 Å². The van der Waals surface area contributed by atoms with Crippen molar-refractivity contribution in [3.8, 4) is 33.4 Å². The van der Waals surface area contributed by atoms with E-state index in [1.54, 1.807) is 0 Å². The van der Waals surface area contributed by atoms with Gasteiger partial charge >= 0.3 is 0 Å². The highest BCUT2D eigenvalue weighted by Gasteiger charge is 2.18. The number of hydrogen-bond acceptors (Lipinski definition) is 0. The van der Waals surface area contributed by atoms with Gasteiger partial charge in [0.2, 0.25) is 0 Å². The maximum atomic E-state index is 2.36. The summed E-state index contributed by atoms with van der Waals surface area (Å²) in [7, 11) is 0. The van der Waals surface area contributed by atoms with E-state index in [4.69, 9.17) is 0 Å². The van der Waals surface area contributed by atoms with Gasteiger partial charge in [-0.25, -0.2) is 0 Å². The van der Waals surface area contributed by atoms with Crippen LogP contribution in [-0.2, 0) is 6.42 Å². The van der Waals surface area contributed by atoms with Crippen molar-refractivity contribution in [2.45, 2.75) is 13.3 Å². The molecule has 5 rings (SSSR count). The molecule has 0 saturated heterocycles. The molecule has 26 heavy (non-hydrogen) atoms. The van der Waals surface area contributed by atoms with Gasteiger partial charge in [-0.3, -0.25) is 0 Å². The van der Waals surface area contributed by atoms with Crippen LogP contribution in [0.15, 0.2) is 91.0 Å². The summed E-state index contributed by atoms with van der Waals surface area (Å²) in [5, 5.41) is 0. The molecule has 0 heterocycles. The molecule has 0 heteroatoms. The Hall–Kier alpha value is -3.12. The molecule has 0 aromatic heterocycles. The Kier molecular flexibility index (Phi) is 3.50. The third kappa shape index (κ3) is 2.55. The van der Waals surface area contributed by atoms with Crippen molar-refractivity contribution in [1.29, 1.82) is 0 Å². The summed E-state index contributed by atoms with van der Waals surface area (Å²) in [5.74, 6) is 0. The van der Waals surface area contributed by atoms with Crippen LogP contribution in [0.1, 0.15) is 16.7 Å². The van der Waals surface area contributed by atoms with E-state index in [9.17, 15) is 0 Å². The molecule has 0 unspecified atom stereocenters. The number of fused-ring (bicyclic) bond motifs is 3. The molecule has 124 valence electrons. The average Bonchev–Trinajstić information content (AvgIpc) is 3.06. The molecule has 0 amide bonds. The van der Waals surface area contributed by atoms with Gasteiger partial charge < -0.3 is 0 Å². The van der Waals surface area contributed by atoms with Gasteiger partial charge in [-0.2, -0.15) is 0 Å². The molecule has 4 aromatic rings. The topological polar surface area (TPSA) is 0 Å².